The molecule has 0 saturated carbocycles. The molecular weight excluding hydrogens is 627 g/mol. The molecule has 0 aliphatic carbocycles. The van der Waals surface area contributed by atoms with Crippen LogP contribution in [-0.2, 0) is 0 Å². The molecule has 0 aliphatic heterocycles. The Morgan fingerprint density at radius 2 is 1.43 bits per heavy atom. The number of halogens is 2. The molecule has 0 unspecified atom stereocenters. The second-order valence-corrected chi connectivity index (χ2v) is 10.9. The minimum atomic E-state index is -0.426. The predicted octanol–water partition coefficient (Wildman–Crippen LogP) is 7.44. The van der Waals surface area contributed by atoms with E-state index in [1.54, 1.807) is 39.5 Å². The van der Waals surface area contributed by atoms with Gasteiger partial charge in [0.1, 0.15) is 17.0 Å². The van der Waals surface area contributed by atoms with Crippen molar-refractivity contribution in [3.8, 4) is 11.5 Å². The molecule has 46 heavy (non-hydrogen) atoms. The molecule has 0 fully saturated rings. The number of alkyl halides is 2. The highest BCUT2D eigenvalue weighted by Gasteiger charge is 2.18. The van der Waals surface area contributed by atoms with E-state index in [9.17, 15) is 9.59 Å². The van der Waals surface area contributed by atoms with Crippen LogP contribution in [0.15, 0.2) is 78.9 Å². The van der Waals surface area contributed by atoms with Crippen molar-refractivity contribution in [1.29, 1.82) is 0 Å². The molecule has 4 N–H and O–H groups in total. The number of pyridine rings is 1. The summed E-state index contributed by atoms with van der Waals surface area (Å²) in [5, 5.41) is 13.5. The Balaban J connectivity index is 1.45. The van der Waals surface area contributed by atoms with Crippen LogP contribution < -0.4 is 35.6 Å². The Hall–Kier alpha value is -4.93. The standard InChI is InChI=1S/C34H34Cl2N6O4/c1-37-33(43)28-8-4-6-26-30(27-7-5-9-29(46-3)32(27)41-31(26)28)38-22-18-23(20-25(19-22)45-2)40-34(44)39-21-10-12-24(13-11-21)42(16-14-35)17-15-36/h4-13,18-20H,14-17H2,1-3H3,(H,37,43)(H,38,41)(H2,39,40,44). The van der Waals surface area contributed by atoms with Crippen LogP contribution in [-0.4, -0.2) is 63.0 Å². The fourth-order valence-corrected chi connectivity index (χ4v) is 5.62. The van der Waals surface area contributed by atoms with E-state index in [-0.39, 0.29) is 5.91 Å². The van der Waals surface area contributed by atoms with Crippen LogP contribution >= 0.6 is 23.2 Å². The number of aromatic nitrogens is 1. The maximum Gasteiger partial charge on any atom is 0.323 e. The lowest BCUT2D eigenvalue weighted by Crippen LogP contribution is -2.27. The van der Waals surface area contributed by atoms with E-state index >= 15 is 0 Å². The van der Waals surface area contributed by atoms with Crippen LogP contribution in [0.3, 0.4) is 0 Å². The summed E-state index contributed by atoms with van der Waals surface area (Å²) in [7, 11) is 4.72. The van der Waals surface area contributed by atoms with Gasteiger partial charge in [0.05, 0.1) is 31.0 Å². The highest BCUT2D eigenvalue weighted by molar-refractivity contribution is 6.19. The molecule has 0 radical (unpaired) electrons. The summed E-state index contributed by atoms with van der Waals surface area (Å²) in [6.45, 7) is 1.34. The average molecular weight is 662 g/mol. The highest BCUT2D eigenvalue weighted by atomic mass is 35.5. The number of urea groups is 1. The average Bonchev–Trinajstić information content (AvgIpc) is 3.07. The number of methoxy groups -OCH3 is 2. The largest absolute Gasteiger partial charge is 0.497 e. The molecule has 0 atom stereocenters. The van der Waals surface area contributed by atoms with Crippen molar-refractivity contribution in [2.75, 3.05) is 67.0 Å². The molecule has 238 valence electrons. The number of nitrogens with zero attached hydrogens (tertiary/aromatic N) is 2. The van der Waals surface area contributed by atoms with E-state index in [0.29, 0.717) is 75.7 Å². The lowest BCUT2D eigenvalue weighted by molar-refractivity contribution is 0.0964. The SMILES string of the molecule is CNC(=O)c1cccc2c(Nc3cc(NC(=O)Nc4ccc(N(CCCl)CCCl)cc4)cc(OC)c3)c3cccc(OC)c3nc12. The third-order valence-corrected chi connectivity index (χ3v) is 7.70. The van der Waals surface area contributed by atoms with Gasteiger partial charge in [-0.25, -0.2) is 9.78 Å². The van der Waals surface area contributed by atoms with Crippen LogP contribution in [0.1, 0.15) is 10.4 Å². The zero-order chi connectivity index (χ0) is 32.6. The first-order chi connectivity index (χ1) is 22.4. The zero-order valence-corrected chi connectivity index (χ0v) is 27.1. The third kappa shape index (κ3) is 7.14. The summed E-state index contributed by atoms with van der Waals surface area (Å²) >= 11 is 11.9. The molecule has 12 heteroatoms. The number of benzene rings is 4. The Bertz CT molecular complexity index is 1860. The van der Waals surface area contributed by atoms with E-state index in [2.05, 4.69) is 26.2 Å². The molecule has 0 bridgehead atoms. The fraction of sp³-hybridized carbons (Fsp3) is 0.206. The number of rotatable bonds is 12. The summed E-state index contributed by atoms with van der Waals surface area (Å²) in [5.41, 5.74) is 4.97. The smallest absolute Gasteiger partial charge is 0.323 e. The molecule has 1 heterocycles. The van der Waals surface area contributed by atoms with Gasteiger partial charge in [-0.05, 0) is 42.5 Å². The number of carbonyl (C=O) groups is 2. The Kier molecular flexibility index (Phi) is 10.5. The van der Waals surface area contributed by atoms with Crippen LogP contribution in [0.4, 0.5) is 33.2 Å². The maximum atomic E-state index is 13.0. The second-order valence-electron chi connectivity index (χ2n) is 10.2. The van der Waals surface area contributed by atoms with E-state index in [1.807, 2.05) is 60.7 Å². The predicted molar refractivity (Wildman–Crippen MR) is 188 cm³/mol. The number of amides is 3. The van der Waals surface area contributed by atoms with Crippen molar-refractivity contribution in [2.45, 2.75) is 0 Å². The molecule has 4 aromatic carbocycles. The molecule has 3 amide bonds. The topological polar surface area (TPSA) is 117 Å². The van der Waals surface area contributed by atoms with Gasteiger partial charge in [0, 0.05) is 77.6 Å². The van der Waals surface area contributed by atoms with Crippen LogP contribution in [0, 0.1) is 0 Å². The van der Waals surface area contributed by atoms with Gasteiger partial charge in [-0.15, -0.1) is 23.2 Å². The van der Waals surface area contributed by atoms with Gasteiger partial charge in [-0.3, -0.25) is 4.79 Å². The molecule has 1 aromatic heterocycles. The Morgan fingerprint density at radius 3 is 2.09 bits per heavy atom. The molecular formula is C34H34Cl2N6O4. The Labute approximate surface area is 277 Å². The van der Waals surface area contributed by atoms with Crippen LogP contribution in [0.25, 0.3) is 21.8 Å². The monoisotopic (exact) mass is 660 g/mol. The lowest BCUT2D eigenvalue weighted by Gasteiger charge is -2.23. The minimum Gasteiger partial charge on any atom is -0.497 e. The number of ether oxygens (including phenoxy) is 2. The molecule has 0 aliphatic rings. The van der Waals surface area contributed by atoms with Crippen LogP contribution in [0.2, 0.25) is 0 Å². The van der Waals surface area contributed by atoms with Gasteiger partial charge in [0.15, 0.2) is 0 Å². The van der Waals surface area contributed by atoms with Gasteiger partial charge in [-0.1, -0.05) is 24.3 Å². The molecule has 0 spiro atoms. The number of fused-ring (bicyclic) bond motifs is 2. The first kappa shape index (κ1) is 32.5. The molecule has 5 aromatic rings. The van der Waals surface area contributed by atoms with Gasteiger partial charge >= 0.3 is 6.03 Å². The summed E-state index contributed by atoms with van der Waals surface area (Å²) in [4.78, 5) is 32.7. The van der Waals surface area contributed by atoms with Crippen molar-refractivity contribution in [3.63, 3.8) is 0 Å². The van der Waals surface area contributed by atoms with Crippen molar-refractivity contribution in [2.24, 2.45) is 0 Å². The normalized spacial score (nSPS) is 10.8. The van der Waals surface area contributed by atoms with Gasteiger partial charge in [0.2, 0.25) is 0 Å². The van der Waals surface area contributed by atoms with E-state index in [1.165, 1.54) is 0 Å². The zero-order valence-electron chi connectivity index (χ0n) is 25.6. The van der Waals surface area contributed by atoms with Gasteiger partial charge in [0.25, 0.3) is 5.91 Å². The molecule has 10 nitrogen and oxygen atoms in total. The van der Waals surface area contributed by atoms with E-state index in [0.717, 1.165) is 16.5 Å². The first-order valence-electron chi connectivity index (χ1n) is 14.5. The number of anilines is 5. The second kappa shape index (κ2) is 14.9. The van der Waals surface area contributed by atoms with E-state index in [4.69, 9.17) is 37.7 Å². The highest BCUT2D eigenvalue weighted by Crippen LogP contribution is 2.38. The van der Waals surface area contributed by atoms with E-state index < -0.39 is 6.03 Å². The summed E-state index contributed by atoms with van der Waals surface area (Å²) < 4.78 is 11.2. The van der Waals surface area contributed by atoms with Crippen molar-refractivity contribution in [3.05, 3.63) is 84.4 Å². The van der Waals surface area contributed by atoms with Crippen molar-refractivity contribution >= 4 is 85.4 Å². The third-order valence-electron chi connectivity index (χ3n) is 7.36. The summed E-state index contributed by atoms with van der Waals surface area (Å²) in [5.74, 6) is 1.80. The number of nitrogens with one attached hydrogen (secondary N) is 4. The lowest BCUT2D eigenvalue weighted by atomic mass is 10.0. The minimum absolute atomic E-state index is 0.255. The Morgan fingerprint density at radius 1 is 0.783 bits per heavy atom. The van der Waals surface area contributed by atoms with Crippen LogP contribution in [0.5, 0.6) is 11.5 Å². The number of para-hydroxylation sites is 2. The van der Waals surface area contributed by atoms with Crippen molar-refractivity contribution in [1.82, 2.24) is 10.3 Å². The summed E-state index contributed by atoms with van der Waals surface area (Å²) in [6.07, 6.45) is 0. The number of hydrogen-bond donors (Lipinski definition) is 4. The molecule has 0 saturated heterocycles. The quantitative estimate of drug-likeness (QED) is 0.0812. The van der Waals surface area contributed by atoms with Gasteiger partial charge < -0.3 is 35.6 Å². The number of carbonyl (C=O) groups excluding carboxylic acids is 2. The van der Waals surface area contributed by atoms with Gasteiger partial charge in [-0.2, -0.15) is 0 Å². The fourth-order valence-electron chi connectivity index (χ4n) is 5.21. The van der Waals surface area contributed by atoms with Crippen molar-refractivity contribution < 1.29 is 19.1 Å². The summed E-state index contributed by atoms with van der Waals surface area (Å²) in [6, 6.07) is 23.5. The molecule has 5 rings (SSSR count). The maximum absolute atomic E-state index is 13.0. The first-order valence-corrected chi connectivity index (χ1v) is 15.6. The number of hydrogen-bond acceptors (Lipinski definition) is 7.